The van der Waals surface area contributed by atoms with E-state index in [2.05, 4.69) is 10.3 Å². The van der Waals surface area contributed by atoms with Crippen LogP contribution in [0.1, 0.15) is 40.3 Å². The van der Waals surface area contributed by atoms with Crippen LogP contribution in [-0.2, 0) is 25.4 Å². The zero-order valence-corrected chi connectivity index (χ0v) is 19.6. The lowest BCUT2D eigenvalue weighted by Crippen LogP contribution is -2.48. The summed E-state index contributed by atoms with van der Waals surface area (Å²) in [7, 11) is 2.89. The van der Waals surface area contributed by atoms with E-state index in [1.54, 1.807) is 29.2 Å². The summed E-state index contributed by atoms with van der Waals surface area (Å²) in [6.07, 6.45) is -0.00680. The summed E-state index contributed by atoms with van der Waals surface area (Å²) in [6.45, 7) is 5.24. The molecule has 10 heteroatoms. The van der Waals surface area contributed by atoms with Crippen LogP contribution < -0.4 is 16.6 Å². The highest BCUT2D eigenvalue weighted by Crippen LogP contribution is 2.15. The molecule has 34 heavy (non-hydrogen) atoms. The van der Waals surface area contributed by atoms with Crippen molar-refractivity contribution in [1.29, 1.82) is 0 Å². The van der Waals surface area contributed by atoms with E-state index < -0.39 is 17.2 Å². The Morgan fingerprint density at radius 2 is 1.65 bits per heavy atom. The third-order valence-corrected chi connectivity index (χ3v) is 5.90. The molecule has 2 atom stereocenters. The van der Waals surface area contributed by atoms with Crippen molar-refractivity contribution in [2.45, 2.75) is 32.6 Å². The molecule has 10 nitrogen and oxygen atoms in total. The number of aryl methyl sites for hydroxylation is 1. The Bertz CT molecular complexity index is 1370. The van der Waals surface area contributed by atoms with Crippen molar-refractivity contribution in [3.8, 4) is 0 Å². The highest BCUT2D eigenvalue weighted by molar-refractivity contribution is 5.95. The number of morpholine rings is 1. The minimum atomic E-state index is -0.516. The number of aromatic nitrogens is 3. The molecule has 1 fully saturated rings. The molecule has 2 aromatic heterocycles. The molecule has 1 aliphatic rings. The van der Waals surface area contributed by atoms with E-state index in [0.29, 0.717) is 18.7 Å². The van der Waals surface area contributed by atoms with Gasteiger partial charge in [0.2, 0.25) is 0 Å². The van der Waals surface area contributed by atoms with E-state index in [1.807, 2.05) is 13.8 Å². The monoisotopic (exact) mass is 465 g/mol. The normalized spacial score (nSPS) is 18.2. The Hall–Kier alpha value is -3.79. The molecule has 178 valence electrons. The average Bonchev–Trinajstić information content (AvgIpc) is 2.83. The number of ether oxygens (including phenoxy) is 1. The molecule has 1 aliphatic heterocycles. The van der Waals surface area contributed by atoms with Gasteiger partial charge >= 0.3 is 5.69 Å². The fourth-order valence-electron chi connectivity index (χ4n) is 4.14. The van der Waals surface area contributed by atoms with Gasteiger partial charge in [0.1, 0.15) is 11.3 Å². The van der Waals surface area contributed by atoms with Gasteiger partial charge in [0.25, 0.3) is 17.4 Å². The molecule has 0 radical (unpaired) electrons. The van der Waals surface area contributed by atoms with Gasteiger partial charge in [-0.05, 0) is 43.7 Å². The highest BCUT2D eigenvalue weighted by Gasteiger charge is 2.26. The van der Waals surface area contributed by atoms with E-state index >= 15 is 0 Å². The lowest BCUT2D eigenvalue weighted by atomic mass is 10.1. The first-order valence-corrected chi connectivity index (χ1v) is 11.0. The predicted molar refractivity (Wildman–Crippen MR) is 126 cm³/mol. The Kier molecular flexibility index (Phi) is 6.34. The zero-order valence-electron chi connectivity index (χ0n) is 19.6. The number of carbonyl (C=O) groups is 2. The van der Waals surface area contributed by atoms with Crippen LogP contribution in [0.15, 0.2) is 46.0 Å². The van der Waals surface area contributed by atoms with Crippen LogP contribution in [0.4, 0.5) is 0 Å². The summed E-state index contributed by atoms with van der Waals surface area (Å²) < 4.78 is 7.92. The number of fused-ring (bicyclic) bond motifs is 1. The summed E-state index contributed by atoms with van der Waals surface area (Å²) >= 11 is 0. The Morgan fingerprint density at radius 3 is 2.29 bits per heavy atom. The first-order chi connectivity index (χ1) is 16.2. The van der Waals surface area contributed by atoms with Gasteiger partial charge in [0.05, 0.1) is 17.6 Å². The Labute approximate surface area is 195 Å². The summed E-state index contributed by atoms with van der Waals surface area (Å²) in [5.41, 5.74) is 0.658. The Balaban J connectivity index is 1.44. The first kappa shape index (κ1) is 23.4. The number of hydrogen-bond donors (Lipinski definition) is 1. The molecule has 0 saturated carbocycles. The highest BCUT2D eigenvalue weighted by atomic mass is 16.5. The molecule has 3 aromatic rings. The molecule has 2 unspecified atom stereocenters. The molecule has 0 aliphatic carbocycles. The second-order valence-electron chi connectivity index (χ2n) is 8.62. The SMILES string of the molecule is CC1CN(C(=O)c2ccc(CNC(=O)c3ccc4c(=O)n(C)c(=O)n(C)c4n3)cc2)CC(C)O1. The van der Waals surface area contributed by atoms with E-state index in [0.717, 1.165) is 10.1 Å². The van der Waals surface area contributed by atoms with Gasteiger partial charge in [-0.1, -0.05) is 12.1 Å². The maximum Gasteiger partial charge on any atom is 0.332 e. The van der Waals surface area contributed by atoms with Gasteiger partial charge in [-0.3, -0.25) is 23.5 Å². The van der Waals surface area contributed by atoms with Gasteiger partial charge in [0.15, 0.2) is 0 Å². The van der Waals surface area contributed by atoms with Crippen molar-refractivity contribution in [1.82, 2.24) is 24.3 Å². The summed E-state index contributed by atoms with van der Waals surface area (Å²) in [6, 6.07) is 10.0. The van der Waals surface area contributed by atoms with Gasteiger partial charge in [-0.25, -0.2) is 9.78 Å². The number of carbonyl (C=O) groups excluding carboxylic acids is 2. The van der Waals surface area contributed by atoms with Crippen LogP contribution in [0.5, 0.6) is 0 Å². The quantitative estimate of drug-likeness (QED) is 0.610. The number of nitrogens with zero attached hydrogens (tertiary/aromatic N) is 4. The second-order valence-corrected chi connectivity index (χ2v) is 8.62. The van der Waals surface area contributed by atoms with Gasteiger partial charge < -0.3 is 15.0 Å². The largest absolute Gasteiger partial charge is 0.372 e. The van der Waals surface area contributed by atoms with Crippen LogP contribution in [0.3, 0.4) is 0 Å². The number of hydrogen-bond acceptors (Lipinski definition) is 6. The number of pyridine rings is 1. The van der Waals surface area contributed by atoms with Gasteiger partial charge in [-0.15, -0.1) is 0 Å². The average molecular weight is 466 g/mol. The molecule has 3 heterocycles. The van der Waals surface area contributed by atoms with E-state index in [1.165, 1.54) is 30.8 Å². The molecule has 2 amide bonds. The molecule has 0 spiro atoms. The third kappa shape index (κ3) is 4.49. The molecular weight excluding hydrogens is 438 g/mol. The lowest BCUT2D eigenvalue weighted by Gasteiger charge is -2.35. The number of benzene rings is 1. The topological polar surface area (TPSA) is 116 Å². The molecule has 0 bridgehead atoms. The number of nitrogens with one attached hydrogen (secondary N) is 1. The Morgan fingerprint density at radius 1 is 1.00 bits per heavy atom. The van der Waals surface area contributed by atoms with Crippen LogP contribution in [-0.4, -0.2) is 56.1 Å². The predicted octanol–water partition coefficient (Wildman–Crippen LogP) is 0.812. The minimum absolute atomic E-state index is 0.00340. The maximum absolute atomic E-state index is 12.8. The van der Waals surface area contributed by atoms with Gasteiger partial charge in [0, 0.05) is 39.3 Å². The number of rotatable bonds is 4. The van der Waals surface area contributed by atoms with Gasteiger partial charge in [-0.2, -0.15) is 0 Å². The minimum Gasteiger partial charge on any atom is -0.372 e. The van der Waals surface area contributed by atoms with Crippen molar-refractivity contribution in [3.63, 3.8) is 0 Å². The summed E-state index contributed by atoms with van der Waals surface area (Å²) in [5.74, 6) is -0.485. The van der Waals surface area contributed by atoms with Crippen molar-refractivity contribution in [2.75, 3.05) is 13.1 Å². The van der Waals surface area contributed by atoms with E-state index in [-0.39, 0.29) is 41.4 Å². The fourth-order valence-corrected chi connectivity index (χ4v) is 4.14. The molecule has 1 N–H and O–H groups in total. The van der Waals surface area contributed by atoms with Crippen LogP contribution >= 0.6 is 0 Å². The number of amides is 2. The summed E-state index contributed by atoms with van der Waals surface area (Å²) in [5, 5.41) is 3.03. The molecule has 4 rings (SSSR count). The van der Waals surface area contributed by atoms with Crippen molar-refractivity contribution < 1.29 is 14.3 Å². The summed E-state index contributed by atoms with van der Waals surface area (Å²) in [4.78, 5) is 55.9. The smallest absolute Gasteiger partial charge is 0.332 e. The van der Waals surface area contributed by atoms with Crippen LogP contribution in [0.2, 0.25) is 0 Å². The van der Waals surface area contributed by atoms with Crippen molar-refractivity contribution >= 4 is 22.8 Å². The fraction of sp³-hybridized carbons (Fsp3) is 0.375. The lowest BCUT2D eigenvalue weighted by molar-refractivity contribution is -0.0586. The second kappa shape index (κ2) is 9.22. The maximum atomic E-state index is 12.8. The standard InChI is InChI=1S/C24H27N5O5/c1-14-12-29(13-15(2)34-14)22(31)17-7-5-16(6-8-17)11-25-21(30)19-10-9-18-20(26-19)27(3)24(33)28(4)23(18)32/h5-10,14-15H,11-13H2,1-4H3,(H,25,30). The third-order valence-electron chi connectivity index (χ3n) is 5.90. The van der Waals surface area contributed by atoms with E-state index in [9.17, 15) is 19.2 Å². The molecule has 1 aromatic carbocycles. The molecule has 1 saturated heterocycles. The first-order valence-electron chi connectivity index (χ1n) is 11.0. The van der Waals surface area contributed by atoms with Crippen LogP contribution in [0, 0.1) is 0 Å². The zero-order chi connectivity index (χ0) is 24.6. The molecular formula is C24H27N5O5. The van der Waals surface area contributed by atoms with Crippen molar-refractivity contribution in [3.05, 3.63) is 74.1 Å². The van der Waals surface area contributed by atoms with Crippen molar-refractivity contribution in [2.24, 2.45) is 14.1 Å². The van der Waals surface area contributed by atoms with E-state index in [4.69, 9.17) is 4.74 Å². The van der Waals surface area contributed by atoms with Crippen LogP contribution in [0.25, 0.3) is 11.0 Å².